The lowest BCUT2D eigenvalue weighted by Gasteiger charge is -2.09. The van der Waals surface area contributed by atoms with Crippen molar-refractivity contribution in [1.29, 1.82) is 0 Å². The minimum absolute atomic E-state index is 0.139. The topological polar surface area (TPSA) is 78.4 Å². The molecule has 0 saturated heterocycles. The van der Waals surface area contributed by atoms with Gasteiger partial charge in [0, 0.05) is 13.1 Å². The Balaban J connectivity index is 2.09. The van der Waals surface area contributed by atoms with Gasteiger partial charge in [0.25, 0.3) is 0 Å². The van der Waals surface area contributed by atoms with Gasteiger partial charge in [-0.25, -0.2) is 4.79 Å². The van der Waals surface area contributed by atoms with Crippen molar-refractivity contribution in [2.75, 3.05) is 13.1 Å². The van der Waals surface area contributed by atoms with Crippen molar-refractivity contribution in [3.63, 3.8) is 0 Å². The molecule has 0 aliphatic rings. The molecular weight excluding hydrogens is 244 g/mol. The lowest BCUT2D eigenvalue weighted by Crippen LogP contribution is -2.39. The lowest BCUT2D eigenvalue weighted by molar-refractivity contribution is -0.140. The van der Waals surface area contributed by atoms with E-state index in [-0.39, 0.29) is 12.6 Å². The Morgan fingerprint density at radius 2 is 1.89 bits per heavy atom. The van der Waals surface area contributed by atoms with E-state index >= 15 is 0 Å². The smallest absolute Gasteiger partial charge is 0.314 e. The number of hydrogen-bond donors (Lipinski definition) is 3. The maximum absolute atomic E-state index is 11.4. The Kier molecular flexibility index (Phi) is 6.43. The standard InChI is InChI=1S/C14H20N2O3/c1-11(13(17)18)10-16-14(19)15-9-5-8-12-6-3-2-4-7-12/h2-4,6-7,11H,5,8-10H2,1H3,(H,17,18)(H2,15,16,19). The van der Waals surface area contributed by atoms with Crippen molar-refractivity contribution < 1.29 is 14.7 Å². The van der Waals surface area contributed by atoms with Crippen molar-refractivity contribution in [3.05, 3.63) is 35.9 Å². The molecule has 0 radical (unpaired) electrons. The van der Waals surface area contributed by atoms with E-state index in [0.717, 1.165) is 12.8 Å². The van der Waals surface area contributed by atoms with E-state index in [2.05, 4.69) is 22.8 Å². The molecule has 5 heteroatoms. The average Bonchev–Trinajstić information content (AvgIpc) is 2.42. The van der Waals surface area contributed by atoms with Crippen LogP contribution in [0.25, 0.3) is 0 Å². The zero-order valence-electron chi connectivity index (χ0n) is 11.1. The van der Waals surface area contributed by atoms with E-state index in [1.165, 1.54) is 5.56 Å². The fourth-order valence-electron chi connectivity index (χ4n) is 1.53. The lowest BCUT2D eigenvalue weighted by atomic mass is 10.1. The van der Waals surface area contributed by atoms with Gasteiger partial charge in [0.2, 0.25) is 0 Å². The molecule has 3 N–H and O–H groups in total. The molecule has 0 spiro atoms. The van der Waals surface area contributed by atoms with Crippen molar-refractivity contribution in [2.45, 2.75) is 19.8 Å². The third-order valence-electron chi connectivity index (χ3n) is 2.76. The molecular formula is C14H20N2O3. The van der Waals surface area contributed by atoms with Gasteiger partial charge in [0.1, 0.15) is 0 Å². The number of carbonyl (C=O) groups is 2. The Bertz CT molecular complexity index is 406. The Morgan fingerprint density at radius 1 is 1.21 bits per heavy atom. The quantitative estimate of drug-likeness (QED) is 0.655. The molecule has 0 saturated carbocycles. The zero-order valence-corrected chi connectivity index (χ0v) is 11.1. The monoisotopic (exact) mass is 264 g/mol. The van der Waals surface area contributed by atoms with Crippen LogP contribution < -0.4 is 10.6 Å². The minimum Gasteiger partial charge on any atom is -0.481 e. The first kappa shape index (κ1) is 15.0. The number of benzene rings is 1. The van der Waals surface area contributed by atoms with Crippen LogP contribution in [0.15, 0.2) is 30.3 Å². The third-order valence-corrected chi connectivity index (χ3v) is 2.76. The van der Waals surface area contributed by atoms with Gasteiger partial charge < -0.3 is 15.7 Å². The molecule has 1 rings (SSSR count). The number of amides is 2. The van der Waals surface area contributed by atoms with Crippen LogP contribution in [0.3, 0.4) is 0 Å². The first-order valence-electron chi connectivity index (χ1n) is 6.38. The van der Waals surface area contributed by atoms with Crippen molar-refractivity contribution in [1.82, 2.24) is 10.6 Å². The molecule has 5 nitrogen and oxygen atoms in total. The summed E-state index contributed by atoms with van der Waals surface area (Å²) in [6.45, 7) is 2.26. The van der Waals surface area contributed by atoms with Gasteiger partial charge in [0.15, 0.2) is 0 Å². The van der Waals surface area contributed by atoms with E-state index in [1.807, 2.05) is 18.2 Å². The van der Waals surface area contributed by atoms with Crippen molar-refractivity contribution in [3.8, 4) is 0 Å². The molecule has 0 aliphatic carbocycles. The second-order valence-electron chi connectivity index (χ2n) is 4.47. The van der Waals surface area contributed by atoms with Crippen molar-refractivity contribution in [2.24, 2.45) is 5.92 Å². The normalized spacial score (nSPS) is 11.6. The number of aryl methyl sites for hydroxylation is 1. The van der Waals surface area contributed by atoms with Crippen molar-refractivity contribution >= 4 is 12.0 Å². The number of nitrogens with one attached hydrogen (secondary N) is 2. The second-order valence-corrected chi connectivity index (χ2v) is 4.47. The van der Waals surface area contributed by atoms with Gasteiger partial charge in [-0.2, -0.15) is 0 Å². The van der Waals surface area contributed by atoms with E-state index in [1.54, 1.807) is 6.92 Å². The van der Waals surface area contributed by atoms with Crippen LogP contribution in [0.1, 0.15) is 18.9 Å². The number of rotatable bonds is 7. The van der Waals surface area contributed by atoms with E-state index < -0.39 is 11.9 Å². The highest BCUT2D eigenvalue weighted by atomic mass is 16.4. The summed E-state index contributed by atoms with van der Waals surface area (Å²) in [7, 11) is 0. The highest BCUT2D eigenvalue weighted by Gasteiger charge is 2.11. The Hall–Kier alpha value is -2.04. The van der Waals surface area contributed by atoms with Crippen LogP contribution in [-0.4, -0.2) is 30.2 Å². The molecule has 0 aliphatic heterocycles. The molecule has 0 bridgehead atoms. The van der Waals surface area contributed by atoms with Crippen LogP contribution >= 0.6 is 0 Å². The number of carbonyl (C=O) groups excluding carboxylic acids is 1. The predicted octanol–water partition coefficient (Wildman–Crippen LogP) is 1.64. The molecule has 0 aromatic heterocycles. The van der Waals surface area contributed by atoms with Crippen LogP contribution in [-0.2, 0) is 11.2 Å². The Labute approximate surface area is 113 Å². The average molecular weight is 264 g/mol. The van der Waals surface area contributed by atoms with E-state index in [0.29, 0.717) is 6.54 Å². The number of aliphatic carboxylic acids is 1. The van der Waals surface area contributed by atoms with Gasteiger partial charge in [-0.15, -0.1) is 0 Å². The summed E-state index contributed by atoms with van der Waals surface area (Å²) >= 11 is 0. The summed E-state index contributed by atoms with van der Waals surface area (Å²) in [6.07, 6.45) is 1.76. The number of hydrogen-bond acceptors (Lipinski definition) is 2. The first-order chi connectivity index (χ1) is 9.09. The van der Waals surface area contributed by atoms with Crippen LogP contribution in [0.2, 0.25) is 0 Å². The van der Waals surface area contributed by atoms with Gasteiger partial charge in [-0.3, -0.25) is 4.79 Å². The summed E-state index contributed by atoms with van der Waals surface area (Å²) in [4.78, 5) is 21.9. The maximum Gasteiger partial charge on any atom is 0.314 e. The number of carboxylic acids is 1. The second kappa shape index (κ2) is 8.13. The number of urea groups is 1. The fraction of sp³-hybridized carbons (Fsp3) is 0.429. The van der Waals surface area contributed by atoms with Gasteiger partial charge in [-0.1, -0.05) is 37.3 Å². The summed E-state index contributed by atoms with van der Waals surface area (Å²) in [5.74, 6) is -1.49. The van der Waals surface area contributed by atoms with Crippen LogP contribution in [0, 0.1) is 5.92 Å². The molecule has 0 fully saturated rings. The largest absolute Gasteiger partial charge is 0.481 e. The predicted molar refractivity (Wildman–Crippen MR) is 73.0 cm³/mol. The van der Waals surface area contributed by atoms with Gasteiger partial charge in [-0.05, 0) is 18.4 Å². The fourth-order valence-corrected chi connectivity index (χ4v) is 1.53. The number of carboxylic acid groups (broad SMARTS) is 1. The Morgan fingerprint density at radius 3 is 2.53 bits per heavy atom. The molecule has 1 aromatic rings. The minimum atomic E-state index is -0.913. The van der Waals surface area contributed by atoms with Gasteiger partial charge in [0.05, 0.1) is 5.92 Å². The highest BCUT2D eigenvalue weighted by molar-refractivity contribution is 5.75. The first-order valence-corrected chi connectivity index (χ1v) is 6.38. The molecule has 0 heterocycles. The molecule has 19 heavy (non-hydrogen) atoms. The highest BCUT2D eigenvalue weighted by Crippen LogP contribution is 2.01. The van der Waals surface area contributed by atoms with E-state index in [4.69, 9.17) is 5.11 Å². The molecule has 1 aromatic carbocycles. The SMILES string of the molecule is CC(CNC(=O)NCCCc1ccccc1)C(=O)O. The molecule has 2 amide bonds. The molecule has 1 atom stereocenters. The third kappa shape index (κ3) is 6.45. The van der Waals surface area contributed by atoms with Gasteiger partial charge >= 0.3 is 12.0 Å². The zero-order chi connectivity index (χ0) is 14.1. The van der Waals surface area contributed by atoms with E-state index in [9.17, 15) is 9.59 Å². The maximum atomic E-state index is 11.4. The van der Waals surface area contributed by atoms with Crippen LogP contribution in [0.4, 0.5) is 4.79 Å². The molecule has 1 unspecified atom stereocenters. The molecule has 104 valence electrons. The summed E-state index contributed by atoms with van der Waals surface area (Å²) in [6, 6.07) is 9.73. The summed E-state index contributed by atoms with van der Waals surface area (Å²) in [5, 5.41) is 13.9. The summed E-state index contributed by atoms with van der Waals surface area (Å²) < 4.78 is 0. The van der Waals surface area contributed by atoms with Crippen LogP contribution in [0.5, 0.6) is 0 Å². The summed E-state index contributed by atoms with van der Waals surface area (Å²) in [5.41, 5.74) is 1.24.